The predicted octanol–water partition coefficient (Wildman–Crippen LogP) is 4.33. The summed E-state index contributed by atoms with van der Waals surface area (Å²) in [4.78, 5) is 37.0. The van der Waals surface area contributed by atoms with Gasteiger partial charge in [-0.3, -0.25) is 9.59 Å². The van der Waals surface area contributed by atoms with Crippen molar-refractivity contribution in [2.75, 3.05) is 49.5 Å². The molecule has 2 aromatic carbocycles. The van der Waals surface area contributed by atoms with Crippen LogP contribution in [-0.2, 0) is 11.0 Å². The number of carbonyl (C=O) groups excluding carboxylic acids is 2. The van der Waals surface area contributed by atoms with E-state index in [4.69, 9.17) is 16.6 Å². The monoisotopic (exact) mass is 546 g/mol. The van der Waals surface area contributed by atoms with Crippen molar-refractivity contribution in [2.45, 2.75) is 13.1 Å². The molecule has 1 fully saturated rings. The highest BCUT2D eigenvalue weighted by Crippen LogP contribution is 2.29. The van der Waals surface area contributed by atoms with Crippen molar-refractivity contribution in [3.63, 3.8) is 0 Å². The molecule has 1 saturated heterocycles. The summed E-state index contributed by atoms with van der Waals surface area (Å²) in [6.07, 6.45) is -4.45. The van der Waals surface area contributed by atoms with E-state index in [0.29, 0.717) is 61.8 Å². The number of hydrogen-bond donors (Lipinski definition) is 2. The summed E-state index contributed by atoms with van der Waals surface area (Å²) in [5, 5.41) is 6.51. The van der Waals surface area contributed by atoms with Crippen LogP contribution >= 0.6 is 11.6 Å². The fourth-order valence-corrected chi connectivity index (χ4v) is 4.09. The van der Waals surface area contributed by atoms with Gasteiger partial charge in [-0.05, 0) is 48.5 Å². The number of amides is 2. The second kappa shape index (κ2) is 11.7. The van der Waals surface area contributed by atoms with Crippen molar-refractivity contribution in [2.24, 2.45) is 0 Å². The normalized spacial score (nSPS) is 13.8. The lowest BCUT2D eigenvalue weighted by Crippen LogP contribution is -2.49. The Balaban J connectivity index is 1.47. The van der Waals surface area contributed by atoms with Crippen LogP contribution in [0.2, 0.25) is 5.02 Å². The zero-order chi connectivity index (χ0) is 27.3. The molecule has 1 aliphatic rings. The number of aromatic nitrogens is 2. The standard InChI is InChI=1S/C26H26ClF3N6O2/c1-17(37)31-10-11-32-22-16-23(34-24(33-22)18-4-8-21(27)9-5-18)35-12-14-36(15-13-35)25(38)19-2-6-20(7-3-19)26(28,29)30/h2-9,16H,10-15H2,1H3,(H,31,37)(H,32,33,34). The summed E-state index contributed by atoms with van der Waals surface area (Å²) in [6.45, 7) is 4.06. The molecule has 4 rings (SSSR count). The number of rotatable bonds is 7. The number of benzene rings is 2. The van der Waals surface area contributed by atoms with Crippen LogP contribution < -0.4 is 15.5 Å². The number of nitrogens with zero attached hydrogens (tertiary/aromatic N) is 4. The number of halogens is 4. The quantitative estimate of drug-likeness (QED) is 0.429. The highest BCUT2D eigenvalue weighted by atomic mass is 35.5. The maximum atomic E-state index is 12.9. The van der Waals surface area contributed by atoms with Gasteiger partial charge in [-0.25, -0.2) is 9.97 Å². The van der Waals surface area contributed by atoms with Gasteiger partial charge in [0.05, 0.1) is 5.56 Å². The van der Waals surface area contributed by atoms with Crippen molar-refractivity contribution in [1.82, 2.24) is 20.2 Å². The Morgan fingerprint density at radius 1 is 0.947 bits per heavy atom. The molecule has 8 nitrogen and oxygen atoms in total. The van der Waals surface area contributed by atoms with E-state index in [1.54, 1.807) is 23.1 Å². The first-order valence-electron chi connectivity index (χ1n) is 11.9. The van der Waals surface area contributed by atoms with E-state index < -0.39 is 11.7 Å². The fourth-order valence-electron chi connectivity index (χ4n) is 3.97. The number of piperazine rings is 1. The molecule has 12 heteroatoms. The van der Waals surface area contributed by atoms with Crippen LogP contribution in [0.3, 0.4) is 0 Å². The van der Waals surface area contributed by atoms with Gasteiger partial charge in [0.25, 0.3) is 5.91 Å². The Bertz CT molecular complexity index is 1280. The Hall–Kier alpha value is -3.86. The van der Waals surface area contributed by atoms with Crippen LogP contribution in [-0.4, -0.2) is 66.0 Å². The molecule has 200 valence electrons. The molecular formula is C26H26ClF3N6O2. The molecule has 0 aliphatic carbocycles. The molecule has 2 N–H and O–H groups in total. The lowest BCUT2D eigenvalue weighted by molar-refractivity contribution is -0.137. The maximum Gasteiger partial charge on any atom is 0.416 e. The summed E-state index contributed by atoms with van der Waals surface area (Å²) < 4.78 is 38.5. The van der Waals surface area contributed by atoms with Crippen LogP contribution in [0.15, 0.2) is 54.6 Å². The molecule has 0 atom stereocenters. The van der Waals surface area contributed by atoms with Crippen LogP contribution in [0.5, 0.6) is 0 Å². The summed E-state index contributed by atoms with van der Waals surface area (Å²) in [5.41, 5.74) is 0.196. The molecule has 0 radical (unpaired) electrons. The van der Waals surface area contributed by atoms with Gasteiger partial charge >= 0.3 is 6.18 Å². The van der Waals surface area contributed by atoms with Crippen LogP contribution in [0.1, 0.15) is 22.8 Å². The smallest absolute Gasteiger partial charge is 0.368 e. The van der Waals surface area contributed by atoms with Crippen LogP contribution in [0, 0.1) is 0 Å². The summed E-state index contributed by atoms with van der Waals surface area (Å²) >= 11 is 6.03. The van der Waals surface area contributed by atoms with Gasteiger partial charge < -0.3 is 20.4 Å². The number of anilines is 2. The highest BCUT2D eigenvalue weighted by Gasteiger charge is 2.31. The van der Waals surface area contributed by atoms with Gasteiger partial charge in [0.1, 0.15) is 11.6 Å². The van der Waals surface area contributed by atoms with Gasteiger partial charge in [-0.2, -0.15) is 13.2 Å². The molecule has 3 aromatic rings. The first kappa shape index (κ1) is 27.2. The zero-order valence-corrected chi connectivity index (χ0v) is 21.3. The molecule has 0 saturated carbocycles. The summed E-state index contributed by atoms with van der Waals surface area (Å²) in [6, 6.07) is 13.2. The zero-order valence-electron chi connectivity index (χ0n) is 20.6. The minimum atomic E-state index is -4.45. The maximum absolute atomic E-state index is 12.9. The number of carbonyl (C=O) groups is 2. The molecule has 0 unspecified atom stereocenters. The van der Waals surface area contributed by atoms with E-state index in [9.17, 15) is 22.8 Å². The Morgan fingerprint density at radius 2 is 1.61 bits per heavy atom. The largest absolute Gasteiger partial charge is 0.416 e. The second-order valence-electron chi connectivity index (χ2n) is 8.71. The van der Waals surface area contributed by atoms with Gasteiger partial charge in [0.2, 0.25) is 5.91 Å². The fraction of sp³-hybridized carbons (Fsp3) is 0.308. The first-order valence-corrected chi connectivity index (χ1v) is 12.3. The third-order valence-electron chi connectivity index (χ3n) is 5.97. The topological polar surface area (TPSA) is 90.5 Å². The number of hydrogen-bond acceptors (Lipinski definition) is 6. The molecule has 2 amide bonds. The van der Waals surface area contributed by atoms with E-state index in [-0.39, 0.29) is 17.4 Å². The SMILES string of the molecule is CC(=O)NCCNc1cc(N2CCN(C(=O)c3ccc(C(F)(F)F)cc3)CC2)nc(-c2ccc(Cl)cc2)n1. The lowest BCUT2D eigenvalue weighted by Gasteiger charge is -2.35. The molecule has 38 heavy (non-hydrogen) atoms. The van der Waals surface area contributed by atoms with Crippen molar-refractivity contribution in [3.05, 3.63) is 70.7 Å². The van der Waals surface area contributed by atoms with Gasteiger partial charge in [-0.15, -0.1) is 0 Å². The Kier molecular flexibility index (Phi) is 8.35. The molecule has 0 spiro atoms. The predicted molar refractivity (Wildman–Crippen MR) is 139 cm³/mol. The number of nitrogens with one attached hydrogen (secondary N) is 2. The third-order valence-corrected chi connectivity index (χ3v) is 6.22. The highest BCUT2D eigenvalue weighted by molar-refractivity contribution is 6.30. The van der Waals surface area contributed by atoms with Crippen molar-refractivity contribution in [1.29, 1.82) is 0 Å². The van der Waals surface area contributed by atoms with Gasteiger partial charge in [-0.1, -0.05) is 11.6 Å². The van der Waals surface area contributed by atoms with Gasteiger partial charge in [0.15, 0.2) is 5.82 Å². The minimum Gasteiger partial charge on any atom is -0.368 e. The lowest BCUT2D eigenvalue weighted by atomic mass is 10.1. The van der Waals surface area contributed by atoms with Crippen molar-refractivity contribution in [3.8, 4) is 11.4 Å². The van der Waals surface area contributed by atoms with E-state index in [1.807, 2.05) is 17.0 Å². The molecular weight excluding hydrogens is 521 g/mol. The van der Waals surface area contributed by atoms with Gasteiger partial charge in [0, 0.05) is 68.4 Å². The molecule has 0 bridgehead atoms. The summed E-state index contributed by atoms with van der Waals surface area (Å²) in [5.74, 6) is 1.29. The van der Waals surface area contributed by atoms with Crippen LogP contribution in [0.4, 0.5) is 24.8 Å². The molecule has 1 aromatic heterocycles. The minimum absolute atomic E-state index is 0.124. The second-order valence-corrected chi connectivity index (χ2v) is 9.14. The Morgan fingerprint density at radius 3 is 2.21 bits per heavy atom. The average Bonchev–Trinajstić information content (AvgIpc) is 2.90. The molecule has 1 aliphatic heterocycles. The Labute approximate surface area is 222 Å². The molecule has 2 heterocycles. The van der Waals surface area contributed by atoms with E-state index >= 15 is 0 Å². The van der Waals surface area contributed by atoms with Crippen LogP contribution in [0.25, 0.3) is 11.4 Å². The van der Waals surface area contributed by atoms with Crippen molar-refractivity contribution < 1.29 is 22.8 Å². The van der Waals surface area contributed by atoms with E-state index in [1.165, 1.54) is 19.1 Å². The average molecular weight is 547 g/mol. The van der Waals surface area contributed by atoms with E-state index in [2.05, 4.69) is 15.6 Å². The first-order chi connectivity index (χ1) is 18.1. The van der Waals surface area contributed by atoms with Crippen molar-refractivity contribution >= 4 is 35.1 Å². The van der Waals surface area contributed by atoms with E-state index in [0.717, 1.165) is 17.7 Å². The summed E-state index contributed by atoms with van der Waals surface area (Å²) in [7, 11) is 0. The number of alkyl halides is 3. The third kappa shape index (κ3) is 6.91.